The van der Waals surface area contributed by atoms with Crippen molar-refractivity contribution in [2.24, 2.45) is 0 Å². The molecule has 1 aromatic carbocycles. The Morgan fingerprint density at radius 1 is 1.25 bits per heavy atom. The van der Waals surface area contributed by atoms with Crippen LogP contribution in [0.15, 0.2) is 36.7 Å². The lowest BCUT2D eigenvalue weighted by Gasteiger charge is -2.06. The van der Waals surface area contributed by atoms with Crippen LogP contribution in [0.5, 0.6) is 5.75 Å². The molecule has 0 unspecified atom stereocenters. The Morgan fingerprint density at radius 3 is 2.81 bits per heavy atom. The van der Waals surface area contributed by atoms with Crippen LogP contribution in [-0.4, -0.2) is 14.8 Å². The topological polar surface area (TPSA) is 39.9 Å². The summed E-state index contributed by atoms with van der Waals surface area (Å²) in [5.74, 6) is 1.78. The van der Waals surface area contributed by atoms with Crippen LogP contribution < -0.4 is 4.74 Å². The lowest BCUT2D eigenvalue weighted by atomic mass is 10.3. The van der Waals surface area contributed by atoms with E-state index in [0.29, 0.717) is 12.6 Å². The fraction of sp³-hybridized carbons (Fsp3) is 0.333. The Labute approximate surface area is 93.9 Å². The second-order valence-electron chi connectivity index (χ2n) is 3.99. The molecule has 0 spiro atoms. The molecule has 1 aliphatic rings. The zero-order valence-electron chi connectivity index (χ0n) is 8.91. The summed E-state index contributed by atoms with van der Waals surface area (Å²) < 4.78 is 7.76. The molecule has 1 heterocycles. The fourth-order valence-electron chi connectivity index (χ4n) is 1.69. The Hall–Kier alpha value is -1.84. The quantitative estimate of drug-likeness (QED) is 0.784. The van der Waals surface area contributed by atoms with Crippen LogP contribution in [0.4, 0.5) is 0 Å². The second kappa shape index (κ2) is 3.96. The van der Waals surface area contributed by atoms with Gasteiger partial charge in [-0.15, -0.1) is 10.2 Å². The molecule has 3 rings (SSSR count). The third-order valence-corrected chi connectivity index (χ3v) is 2.70. The maximum absolute atomic E-state index is 5.65. The Morgan fingerprint density at radius 2 is 2.06 bits per heavy atom. The SMILES string of the molecule is c1ccc(OCc2nncn2C2CC2)cc1. The third-order valence-electron chi connectivity index (χ3n) is 2.70. The number of hydrogen-bond donors (Lipinski definition) is 0. The number of para-hydroxylation sites is 1. The molecule has 4 nitrogen and oxygen atoms in total. The average Bonchev–Trinajstić information content (AvgIpc) is 3.07. The Kier molecular flexibility index (Phi) is 2.33. The predicted molar refractivity (Wildman–Crippen MR) is 59.1 cm³/mol. The maximum atomic E-state index is 5.65. The molecule has 4 heteroatoms. The van der Waals surface area contributed by atoms with Crippen molar-refractivity contribution in [1.29, 1.82) is 0 Å². The Bertz CT molecular complexity index is 462. The molecule has 1 saturated carbocycles. The molecule has 1 fully saturated rings. The molecule has 0 amide bonds. The molecular weight excluding hydrogens is 202 g/mol. The van der Waals surface area contributed by atoms with Gasteiger partial charge in [-0.1, -0.05) is 18.2 Å². The monoisotopic (exact) mass is 215 g/mol. The van der Waals surface area contributed by atoms with Crippen molar-refractivity contribution in [3.63, 3.8) is 0 Å². The van der Waals surface area contributed by atoms with Gasteiger partial charge in [0.1, 0.15) is 18.7 Å². The molecule has 16 heavy (non-hydrogen) atoms. The molecular formula is C12H13N3O. The number of rotatable bonds is 4. The second-order valence-corrected chi connectivity index (χ2v) is 3.99. The molecule has 82 valence electrons. The summed E-state index contributed by atoms with van der Waals surface area (Å²) in [5.41, 5.74) is 0. The summed E-state index contributed by atoms with van der Waals surface area (Å²) in [5, 5.41) is 8.01. The van der Waals surface area contributed by atoms with E-state index in [2.05, 4.69) is 14.8 Å². The standard InChI is InChI=1S/C12H13N3O/c1-2-4-11(5-3-1)16-8-12-14-13-9-15(12)10-6-7-10/h1-5,9-10H,6-8H2. The largest absolute Gasteiger partial charge is 0.486 e. The summed E-state index contributed by atoms with van der Waals surface area (Å²) in [7, 11) is 0. The van der Waals surface area contributed by atoms with Crippen molar-refractivity contribution < 1.29 is 4.74 Å². The molecule has 0 aliphatic heterocycles. The van der Waals surface area contributed by atoms with Gasteiger partial charge in [0.25, 0.3) is 0 Å². The minimum Gasteiger partial charge on any atom is -0.486 e. The first-order valence-electron chi connectivity index (χ1n) is 5.50. The van der Waals surface area contributed by atoms with E-state index in [9.17, 15) is 0 Å². The van der Waals surface area contributed by atoms with Gasteiger partial charge in [-0.3, -0.25) is 0 Å². The normalized spacial score (nSPS) is 15.0. The number of aromatic nitrogens is 3. The highest BCUT2D eigenvalue weighted by molar-refractivity contribution is 5.21. The van der Waals surface area contributed by atoms with Crippen molar-refractivity contribution in [1.82, 2.24) is 14.8 Å². The third kappa shape index (κ3) is 1.91. The molecule has 0 bridgehead atoms. The molecule has 1 aliphatic carbocycles. The van der Waals surface area contributed by atoms with Crippen molar-refractivity contribution in [2.75, 3.05) is 0 Å². The van der Waals surface area contributed by atoms with E-state index in [4.69, 9.17) is 4.74 Å². The predicted octanol–water partition coefficient (Wildman–Crippen LogP) is 2.19. The van der Waals surface area contributed by atoms with E-state index in [1.807, 2.05) is 30.3 Å². The minimum absolute atomic E-state index is 0.487. The highest BCUT2D eigenvalue weighted by Gasteiger charge is 2.26. The fourth-order valence-corrected chi connectivity index (χ4v) is 1.69. The summed E-state index contributed by atoms with van der Waals surface area (Å²) in [6, 6.07) is 10.4. The molecule has 0 N–H and O–H groups in total. The van der Waals surface area contributed by atoms with Crippen LogP contribution in [0, 0.1) is 0 Å². The van der Waals surface area contributed by atoms with E-state index < -0.39 is 0 Å². The van der Waals surface area contributed by atoms with Crippen molar-refractivity contribution in [3.8, 4) is 5.75 Å². The van der Waals surface area contributed by atoms with Gasteiger partial charge in [0.2, 0.25) is 0 Å². The van der Waals surface area contributed by atoms with Gasteiger partial charge in [0.15, 0.2) is 5.82 Å². The maximum Gasteiger partial charge on any atom is 0.171 e. The average molecular weight is 215 g/mol. The van der Waals surface area contributed by atoms with Crippen LogP contribution in [-0.2, 0) is 6.61 Å². The van der Waals surface area contributed by atoms with E-state index in [0.717, 1.165) is 11.6 Å². The van der Waals surface area contributed by atoms with Crippen LogP contribution in [0.3, 0.4) is 0 Å². The number of ether oxygens (including phenoxy) is 1. The first-order chi connectivity index (χ1) is 7.93. The summed E-state index contributed by atoms with van der Waals surface area (Å²) in [6.07, 6.45) is 4.26. The van der Waals surface area contributed by atoms with E-state index in [-0.39, 0.29) is 0 Å². The highest BCUT2D eigenvalue weighted by atomic mass is 16.5. The number of hydrogen-bond acceptors (Lipinski definition) is 3. The van der Waals surface area contributed by atoms with E-state index in [1.165, 1.54) is 12.8 Å². The summed E-state index contributed by atoms with van der Waals surface area (Å²) >= 11 is 0. The van der Waals surface area contributed by atoms with Crippen LogP contribution in [0.25, 0.3) is 0 Å². The first-order valence-corrected chi connectivity index (χ1v) is 5.50. The first kappa shape index (κ1) is 9.39. The number of benzene rings is 1. The zero-order chi connectivity index (χ0) is 10.8. The van der Waals surface area contributed by atoms with Crippen LogP contribution >= 0.6 is 0 Å². The van der Waals surface area contributed by atoms with Crippen molar-refractivity contribution in [3.05, 3.63) is 42.5 Å². The minimum atomic E-state index is 0.487. The lowest BCUT2D eigenvalue weighted by molar-refractivity contribution is 0.289. The van der Waals surface area contributed by atoms with Crippen LogP contribution in [0.1, 0.15) is 24.7 Å². The zero-order valence-corrected chi connectivity index (χ0v) is 8.91. The van der Waals surface area contributed by atoms with E-state index >= 15 is 0 Å². The molecule has 1 aromatic heterocycles. The lowest BCUT2D eigenvalue weighted by Crippen LogP contribution is -2.05. The van der Waals surface area contributed by atoms with Gasteiger partial charge in [-0.2, -0.15) is 0 Å². The van der Waals surface area contributed by atoms with Gasteiger partial charge in [-0.05, 0) is 25.0 Å². The summed E-state index contributed by atoms with van der Waals surface area (Å²) in [6.45, 7) is 0.487. The summed E-state index contributed by atoms with van der Waals surface area (Å²) in [4.78, 5) is 0. The van der Waals surface area contributed by atoms with Crippen LogP contribution in [0.2, 0.25) is 0 Å². The Balaban J connectivity index is 1.68. The van der Waals surface area contributed by atoms with E-state index in [1.54, 1.807) is 6.33 Å². The van der Waals surface area contributed by atoms with Gasteiger partial charge < -0.3 is 9.30 Å². The number of nitrogens with zero attached hydrogens (tertiary/aromatic N) is 3. The van der Waals surface area contributed by atoms with Gasteiger partial charge in [0, 0.05) is 6.04 Å². The smallest absolute Gasteiger partial charge is 0.171 e. The van der Waals surface area contributed by atoms with Crippen molar-refractivity contribution >= 4 is 0 Å². The molecule has 0 atom stereocenters. The van der Waals surface area contributed by atoms with Gasteiger partial charge in [0.05, 0.1) is 0 Å². The molecule has 0 saturated heterocycles. The van der Waals surface area contributed by atoms with Gasteiger partial charge in [-0.25, -0.2) is 0 Å². The van der Waals surface area contributed by atoms with Crippen molar-refractivity contribution in [2.45, 2.75) is 25.5 Å². The molecule has 2 aromatic rings. The van der Waals surface area contributed by atoms with Gasteiger partial charge >= 0.3 is 0 Å². The molecule has 0 radical (unpaired) electrons. The highest BCUT2D eigenvalue weighted by Crippen LogP contribution is 2.35.